The third kappa shape index (κ3) is 88.2. The highest BCUT2D eigenvalue weighted by atomic mass is 31.2. The van der Waals surface area contributed by atoms with E-state index in [1.165, 1.54) is 334 Å². The van der Waals surface area contributed by atoms with Crippen LogP contribution in [0.2, 0.25) is 0 Å². The lowest BCUT2D eigenvalue weighted by molar-refractivity contribution is -0.161. The van der Waals surface area contributed by atoms with E-state index in [1.807, 2.05) is 0 Å². The van der Waals surface area contributed by atoms with Gasteiger partial charge < -0.3 is 33.8 Å². The molecule has 6 atom stereocenters. The van der Waals surface area contributed by atoms with E-state index in [0.29, 0.717) is 31.6 Å². The van der Waals surface area contributed by atoms with Crippen LogP contribution in [0.3, 0.4) is 0 Å². The van der Waals surface area contributed by atoms with Crippen LogP contribution in [0.5, 0.6) is 0 Å². The lowest BCUT2D eigenvalue weighted by atomic mass is 9.99. The van der Waals surface area contributed by atoms with E-state index in [2.05, 4.69) is 41.5 Å². The van der Waals surface area contributed by atoms with E-state index >= 15 is 0 Å². The van der Waals surface area contributed by atoms with Crippen molar-refractivity contribution in [1.82, 2.24) is 0 Å². The molecule has 684 valence electrons. The molecule has 0 aliphatic heterocycles. The highest BCUT2D eigenvalue weighted by molar-refractivity contribution is 7.47. The van der Waals surface area contributed by atoms with Crippen LogP contribution < -0.4 is 0 Å². The van der Waals surface area contributed by atoms with Gasteiger partial charge in [0.05, 0.1) is 26.4 Å². The smallest absolute Gasteiger partial charge is 0.462 e. The highest BCUT2D eigenvalue weighted by Crippen LogP contribution is 2.45. The first kappa shape index (κ1) is 113. The van der Waals surface area contributed by atoms with Crippen LogP contribution >= 0.6 is 15.6 Å². The molecule has 0 saturated heterocycles. The summed E-state index contributed by atoms with van der Waals surface area (Å²) >= 11 is 0. The van der Waals surface area contributed by atoms with Crippen molar-refractivity contribution in [2.75, 3.05) is 39.6 Å². The number of hydrogen-bond acceptors (Lipinski definition) is 15. The maximum atomic E-state index is 13.2. The number of aliphatic hydroxyl groups excluding tert-OH is 1. The average Bonchev–Trinajstić information content (AvgIpc) is 0.899. The van der Waals surface area contributed by atoms with Gasteiger partial charge in [0.2, 0.25) is 0 Å². The number of carbonyl (C=O) groups excluding carboxylic acids is 4. The van der Waals surface area contributed by atoms with E-state index in [0.717, 1.165) is 102 Å². The summed E-state index contributed by atoms with van der Waals surface area (Å²) in [6.45, 7) is 9.74. The van der Waals surface area contributed by atoms with Gasteiger partial charge in [0.25, 0.3) is 0 Å². The fraction of sp³-hybridized carbons (Fsp3) is 0.958. The zero-order valence-corrected chi connectivity index (χ0v) is 77.9. The number of ether oxygens (including phenoxy) is 4. The van der Waals surface area contributed by atoms with E-state index < -0.39 is 97.5 Å². The Kier molecular flexibility index (Phi) is 85.5. The normalized spacial score (nSPS) is 13.9. The Morgan fingerprint density at radius 2 is 0.443 bits per heavy atom. The number of hydrogen-bond donors (Lipinski definition) is 3. The van der Waals surface area contributed by atoms with Crippen molar-refractivity contribution in [3.05, 3.63) is 0 Å². The van der Waals surface area contributed by atoms with Gasteiger partial charge in [0.15, 0.2) is 12.2 Å². The Hall–Kier alpha value is -1.94. The second kappa shape index (κ2) is 87.0. The molecule has 0 amide bonds. The van der Waals surface area contributed by atoms with Gasteiger partial charge in [-0.05, 0) is 37.5 Å². The van der Waals surface area contributed by atoms with E-state index in [9.17, 15) is 43.2 Å². The highest BCUT2D eigenvalue weighted by Gasteiger charge is 2.31. The maximum Gasteiger partial charge on any atom is 0.472 e. The molecule has 19 heteroatoms. The summed E-state index contributed by atoms with van der Waals surface area (Å²) in [5.74, 6) is -0.518. The van der Waals surface area contributed by atoms with Crippen LogP contribution in [0, 0.1) is 11.8 Å². The predicted molar refractivity (Wildman–Crippen MR) is 478 cm³/mol. The van der Waals surface area contributed by atoms with Crippen LogP contribution in [-0.4, -0.2) is 96.7 Å². The van der Waals surface area contributed by atoms with E-state index in [4.69, 9.17) is 37.0 Å². The first-order valence-corrected chi connectivity index (χ1v) is 52.5. The number of unbranched alkanes of at least 4 members (excludes halogenated alkanes) is 64. The number of aliphatic hydroxyl groups is 1. The molecule has 0 bridgehead atoms. The topological polar surface area (TPSA) is 237 Å². The SMILES string of the molecule is CCCCCCCCCCCCCCCCCCCCCCCCC(=O)OC[C@H](COP(=O)(O)OC[C@@H](O)COP(=O)(O)OC[C@@H](COC(=O)CCCCCCCCCC(C)C)OC(=O)CCCCCCCCCCCCCCCCCCCCCCC)OC(=O)CCCCCCCCCCCCCCCCCCCCC(C)CC. The Bertz CT molecular complexity index is 2190. The van der Waals surface area contributed by atoms with Crippen molar-refractivity contribution in [1.29, 1.82) is 0 Å². The molecule has 0 radical (unpaired) electrons. The van der Waals surface area contributed by atoms with Crippen molar-refractivity contribution in [3.8, 4) is 0 Å². The number of phosphoric acid groups is 2. The number of carbonyl (C=O) groups is 4. The van der Waals surface area contributed by atoms with Crippen LogP contribution in [0.15, 0.2) is 0 Å². The first-order chi connectivity index (χ1) is 55.9. The fourth-order valence-electron chi connectivity index (χ4n) is 15.2. The molecule has 0 aliphatic rings. The molecule has 3 N–H and O–H groups in total. The molecule has 0 rings (SSSR count). The average molecular weight is 1680 g/mol. The molecule has 17 nitrogen and oxygen atoms in total. The largest absolute Gasteiger partial charge is 0.472 e. The van der Waals surface area contributed by atoms with Gasteiger partial charge in [0.1, 0.15) is 19.3 Å². The van der Waals surface area contributed by atoms with Gasteiger partial charge in [-0.25, -0.2) is 9.13 Å². The molecule has 0 aromatic heterocycles. The van der Waals surface area contributed by atoms with Crippen LogP contribution in [0.25, 0.3) is 0 Å². The molecule has 0 aliphatic carbocycles. The third-order valence-corrected chi connectivity index (χ3v) is 25.0. The number of phosphoric ester groups is 2. The first-order valence-electron chi connectivity index (χ1n) is 49.5. The zero-order chi connectivity index (χ0) is 84.1. The zero-order valence-electron chi connectivity index (χ0n) is 76.1. The quantitative estimate of drug-likeness (QED) is 0.0222. The standard InChI is InChI=1S/C96H188O17P2/c1-7-10-12-14-16-18-20-22-24-26-28-30-32-33-38-42-46-50-54-60-66-72-78-93(98)106-84-91(112-95(100)80-74-69-62-56-52-48-44-40-36-35-37-41-45-49-53-59-65-71-77-89(6)9-3)86-110-114(102,103)108-82-90(97)83-109-115(104,105)111-87-92(85-107-94(99)79-73-67-63-57-58-64-70-76-88(4)5)113-96(101)81-75-68-61-55-51-47-43-39-34-31-29-27-25-23-21-19-17-15-13-11-8-2/h88-92,97H,7-87H2,1-6H3,(H,102,103)(H,104,105)/t89?,90-,91-,92-/m1/s1. The fourth-order valence-corrected chi connectivity index (χ4v) is 16.7. The van der Waals surface area contributed by atoms with Crippen molar-refractivity contribution >= 4 is 39.5 Å². The second-order valence-corrected chi connectivity index (χ2v) is 38.1. The van der Waals surface area contributed by atoms with Crippen LogP contribution in [-0.2, 0) is 65.4 Å². The van der Waals surface area contributed by atoms with Crippen molar-refractivity contribution < 1.29 is 80.2 Å². The summed E-state index contributed by atoms with van der Waals surface area (Å²) in [5.41, 5.74) is 0. The molecular formula is C96H188O17P2. The Labute approximate surface area is 708 Å². The summed E-state index contributed by atoms with van der Waals surface area (Å²) < 4.78 is 69.2. The minimum Gasteiger partial charge on any atom is -0.462 e. The molecule has 0 fully saturated rings. The van der Waals surface area contributed by atoms with Crippen LogP contribution in [0.4, 0.5) is 0 Å². The van der Waals surface area contributed by atoms with Crippen molar-refractivity contribution in [2.24, 2.45) is 11.8 Å². The second-order valence-electron chi connectivity index (χ2n) is 35.2. The number of esters is 4. The minimum absolute atomic E-state index is 0.108. The summed E-state index contributed by atoms with van der Waals surface area (Å²) in [6.07, 6.45) is 83.8. The maximum absolute atomic E-state index is 13.2. The Morgan fingerprint density at radius 3 is 0.661 bits per heavy atom. The van der Waals surface area contributed by atoms with Gasteiger partial charge >= 0.3 is 39.5 Å². The van der Waals surface area contributed by atoms with Gasteiger partial charge in [0, 0.05) is 25.7 Å². The monoisotopic (exact) mass is 1680 g/mol. The predicted octanol–water partition coefficient (Wildman–Crippen LogP) is 30.1. The van der Waals surface area contributed by atoms with E-state index in [-0.39, 0.29) is 25.7 Å². The van der Waals surface area contributed by atoms with E-state index in [1.54, 1.807) is 0 Å². The molecule has 0 heterocycles. The van der Waals surface area contributed by atoms with Gasteiger partial charge in [-0.1, -0.05) is 472 Å². The molecule has 0 saturated carbocycles. The van der Waals surface area contributed by atoms with Gasteiger partial charge in [-0.15, -0.1) is 0 Å². The molecule has 0 aromatic rings. The van der Waals surface area contributed by atoms with Gasteiger partial charge in [-0.2, -0.15) is 0 Å². The summed E-state index contributed by atoms with van der Waals surface area (Å²) in [5, 5.41) is 10.7. The minimum atomic E-state index is -4.97. The Balaban J connectivity index is 5.20. The summed E-state index contributed by atoms with van der Waals surface area (Å²) in [7, 11) is -9.94. The lowest BCUT2D eigenvalue weighted by Gasteiger charge is -2.21. The molecule has 0 spiro atoms. The lowest BCUT2D eigenvalue weighted by Crippen LogP contribution is -2.30. The van der Waals surface area contributed by atoms with Crippen LogP contribution in [0.1, 0.15) is 523 Å². The Morgan fingerprint density at radius 1 is 0.252 bits per heavy atom. The van der Waals surface area contributed by atoms with Gasteiger partial charge in [-0.3, -0.25) is 37.3 Å². The number of rotatable bonds is 95. The molecule has 115 heavy (non-hydrogen) atoms. The molecular weight excluding hydrogens is 1490 g/mol. The summed E-state index contributed by atoms with van der Waals surface area (Å²) in [4.78, 5) is 73.5. The van der Waals surface area contributed by atoms with Crippen molar-refractivity contribution in [3.63, 3.8) is 0 Å². The third-order valence-electron chi connectivity index (χ3n) is 23.1. The van der Waals surface area contributed by atoms with Crippen molar-refractivity contribution in [2.45, 2.75) is 541 Å². The summed E-state index contributed by atoms with van der Waals surface area (Å²) in [6, 6.07) is 0. The molecule has 3 unspecified atom stereocenters. The molecule has 0 aromatic carbocycles.